The van der Waals surface area contributed by atoms with Crippen LogP contribution in [0.4, 0.5) is 5.69 Å². The second kappa shape index (κ2) is 9.16. The van der Waals surface area contributed by atoms with E-state index in [1.54, 1.807) is 6.07 Å². The smallest absolute Gasteiger partial charge is 0.165 e. The third-order valence-electron chi connectivity index (χ3n) is 8.29. The summed E-state index contributed by atoms with van der Waals surface area (Å²) >= 11 is 6.02. The number of amidine groups is 1. The number of ether oxygens (including phenoxy) is 1. The van der Waals surface area contributed by atoms with Crippen molar-refractivity contribution in [2.24, 2.45) is 10.9 Å². The van der Waals surface area contributed by atoms with Crippen LogP contribution in [0, 0.1) is 5.92 Å². The van der Waals surface area contributed by atoms with E-state index in [4.69, 9.17) is 21.3 Å². The molecule has 1 spiro atoms. The number of benzene rings is 2. The molecular weight excluding hydrogens is 462 g/mol. The minimum Gasteiger partial charge on any atom is -0.504 e. The second-order valence-corrected chi connectivity index (χ2v) is 10.5. The van der Waals surface area contributed by atoms with Crippen LogP contribution in [0.25, 0.3) is 0 Å². The van der Waals surface area contributed by atoms with Crippen molar-refractivity contribution in [1.82, 2.24) is 4.90 Å². The summed E-state index contributed by atoms with van der Waals surface area (Å²) in [4.78, 5) is 7.43. The van der Waals surface area contributed by atoms with Crippen LogP contribution in [-0.2, 0) is 11.8 Å². The Kier molecular flexibility index (Phi) is 5.99. The Bertz CT molecular complexity index is 1150. The molecule has 2 heterocycles. The molecule has 0 radical (unpaired) electrons. The number of para-hydroxylation sites is 1. The molecular formula is C28H32ClN3O3. The number of aromatic hydroxyl groups is 1. The number of aliphatic imine (C=N–C) groups is 1. The van der Waals surface area contributed by atoms with Crippen molar-refractivity contribution in [3.05, 3.63) is 65.7 Å². The van der Waals surface area contributed by atoms with E-state index < -0.39 is 6.10 Å². The number of nitrogens with one attached hydrogen (secondary N) is 1. The first-order chi connectivity index (χ1) is 17.1. The first-order valence-electron chi connectivity index (χ1n) is 12.7. The summed E-state index contributed by atoms with van der Waals surface area (Å²) in [7, 11) is 0. The number of nitrogens with zero attached hydrogens (tertiary/aromatic N) is 2. The molecule has 0 amide bonds. The van der Waals surface area contributed by atoms with Crippen LogP contribution < -0.4 is 10.1 Å². The molecule has 2 aliphatic carbocycles. The molecule has 2 aromatic carbocycles. The zero-order valence-corrected chi connectivity index (χ0v) is 20.5. The van der Waals surface area contributed by atoms with E-state index in [0.717, 1.165) is 56.0 Å². The first kappa shape index (κ1) is 22.9. The maximum atomic E-state index is 10.8. The molecule has 7 heteroatoms. The Morgan fingerprint density at radius 1 is 1.20 bits per heavy atom. The van der Waals surface area contributed by atoms with E-state index in [0.29, 0.717) is 24.1 Å². The lowest BCUT2D eigenvalue weighted by Gasteiger charge is -2.57. The monoisotopic (exact) mass is 493 g/mol. The maximum absolute atomic E-state index is 10.8. The Morgan fingerprint density at radius 3 is 2.89 bits per heavy atom. The van der Waals surface area contributed by atoms with Crippen molar-refractivity contribution in [2.75, 3.05) is 30.8 Å². The summed E-state index contributed by atoms with van der Waals surface area (Å²) in [5.74, 6) is 2.52. The van der Waals surface area contributed by atoms with Crippen molar-refractivity contribution in [2.45, 2.75) is 49.3 Å². The third-order valence-corrected chi connectivity index (χ3v) is 8.48. The number of alkyl halides is 1. The van der Waals surface area contributed by atoms with Gasteiger partial charge in [0, 0.05) is 54.0 Å². The predicted molar refractivity (Wildman–Crippen MR) is 139 cm³/mol. The lowest BCUT2D eigenvalue weighted by molar-refractivity contribution is -0.0516. The van der Waals surface area contributed by atoms with Crippen molar-refractivity contribution in [1.29, 1.82) is 0 Å². The number of halogens is 1. The number of piperidine rings is 1. The zero-order chi connectivity index (χ0) is 24.0. The van der Waals surface area contributed by atoms with Gasteiger partial charge in [-0.3, -0.25) is 9.89 Å². The number of rotatable bonds is 7. The fourth-order valence-electron chi connectivity index (χ4n) is 6.86. The van der Waals surface area contributed by atoms with Gasteiger partial charge < -0.3 is 20.3 Å². The number of anilines is 1. The van der Waals surface area contributed by atoms with E-state index in [1.807, 2.05) is 36.4 Å². The summed E-state index contributed by atoms with van der Waals surface area (Å²) < 4.78 is 6.25. The van der Waals surface area contributed by atoms with Crippen LogP contribution in [0.2, 0.25) is 0 Å². The molecule has 0 aromatic heterocycles. The van der Waals surface area contributed by atoms with Crippen molar-refractivity contribution >= 4 is 23.1 Å². The highest BCUT2D eigenvalue weighted by atomic mass is 35.5. The Hall–Kier alpha value is -2.54. The summed E-state index contributed by atoms with van der Waals surface area (Å²) in [5, 5.41) is 24.7. The molecule has 1 saturated heterocycles. The topological polar surface area (TPSA) is 77.3 Å². The number of phenolic OH excluding ortho intramolecular Hbond substituents is 1. The molecule has 2 bridgehead atoms. The molecule has 1 fully saturated rings. The predicted octanol–water partition coefficient (Wildman–Crippen LogP) is 4.10. The fraction of sp³-hybridized carbons (Fsp3) is 0.464. The molecule has 3 N–H and O–H groups in total. The van der Waals surface area contributed by atoms with E-state index >= 15 is 0 Å². The fourth-order valence-corrected chi connectivity index (χ4v) is 7.04. The molecule has 5 atom stereocenters. The molecule has 0 saturated carbocycles. The molecule has 35 heavy (non-hydrogen) atoms. The number of phenols is 1. The van der Waals surface area contributed by atoms with Crippen LogP contribution in [0.1, 0.15) is 30.4 Å². The summed E-state index contributed by atoms with van der Waals surface area (Å²) in [6, 6.07) is 14.2. The van der Waals surface area contributed by atoms with Crippen LogP contribution in [0.15, 0.2) is 59.6 Å². The number of likely N-dealkylation sites (tertiary alicyclic amines) is 1. The van der Waals surface area contributed by atoms with Crippen LogP contribution in [0.5, 0.6) is 11.5 Å². The lowest BCUT2D eigenvalue weighted by atomic mass is 9.53. The van der Waals surface area contributed by atoms with Gasteiger partial charge in [-0.05, 0) is 49.6 Å². The van der Waals surface area contributed by atoms with Gasteiger partial charge in [-0.25, -0.2) is 0 Å². The molecule has 4 aliphatic rings. The van der Waals surface area contributed by atoms with Crippen molar-refractivity contribution < 1.29 is 14.9 Å². The van der Waals surface area contributed by atoms with E-state index in [-0.39, 0.29) is 23.2 Å². The molecule has 2 aliphatic heterocycles. The number of aliphatic hydroxyl groups excluding tert-OH is 1. The second-order valence-electron chi connectivity index (χ2n) is 10.1. The van der Waals surface area contributed by atoms with Gasteiger partial charge in [0.15, 0.2) is 11.5 Å². The molecule has 6 nitrogen and oxygen atoms in total. The normalized spacial score (nSPS) is 30.6. The largest absolute Gasteiger partial charge is 0.504 e. The summed E-state index contributed by atoms with van der Waals surface area (Å²) in [5.41, 5.74) is 3.18. The highest BCUT2D eigenvalue weighted by Gasteiger charge is 2.64. The van der Waals surface area contributed by atoms with Gasteiger partial charge in [0.2, 0.25) is 0 Å². The Labute approximate surface area is 211 Å². The SMILES string of the molecule is Oc1ccc2c3c1O[C@H]1[C@@H](O)C=CC4[C@@H](C2)N(CCCN=C(CCCl)Nc2ccccc2)CC[C@@]341. The third kappa shape index (κ3) is 3.74. The molecule has 6 rings (SSSR count). The van der Waals surface area contributed by atoms with E-state index in [2.05, 4.69) is 22.4 Å². The molecule has 1 unspecified atom stereocenters. The standard InChI is InChI=1S/C28H32ClN3O3/c29-13-11-24(31-19-5-2-1-3-6-19)30-14-4-15-32-16-12-28-20-8-10-23(34)27(28)35-26-22(33)9-7-18(25(26)28)17-21(20)32/h1-3,5-10,20-21,23,27,33-34H,4,11-17H2,(H,30,31)/t20?,21-,23+,27+,28+/m1/s1. The Balaban J connectivity index is 1.18. The number of hydrogen-bond donors (Lipinski definition) is 3. The van der Waals surface area contributed by atoms with Crippen molar-refractivity contribution in [3.63, 3.8) is 0 Å². The maximum Gasteiger partial charge on any atom is 0.165 e. The average Bonchev–Trinajstić information content (AvgIpc) is 3.22. The van der Waals surface area contributed by atoms with E-state index in [9.17, 15) is 10.2 Å². The van der Waals surface area contributed by atoms with E-state index in [1.165, 1.54) is 5.56 Å². The van der Waals surface area contributed by atoms with Crippen LogP contribution in [0.3, 0.4) is 0 Å². The van der Waals surface area contributed by atoms with Crippen LogP contribution in [-0.4, -0.2) is 64.7 Å². The van der Waals surface area contributed by atoms with Crippen LogP contribution >= 0.6 is 11.6 Å². The summed E-state index contributed by atoms with van der Waals surface area (Å²) in [6.45, 7) is 2.68. The zero-order valence-electron chi connectivity index (χ0n) is 19.7. The highest BCUT2D eigenvalue weighted by Crippen LogP contribution is 2.62. The molecule has 184 valence electrons. The minimum absolute atomic E-state index is 0.189. The lowest BCUT2D eigenvalue weighted by Crippen LogP contribution is -2.65. The van der Waals surface area contributed by atoms with Crippen molar-refractivity contribution in [3.8, 4) is 11.5 Å². The van der Waals surface area contributed by atoms with Gasteiger partial charge in [0.05, 0.1) is 0 Å². The Morgan fingerprint density at radius 2 is 2.06 bits per heavy atom. The molecule has 2 aromatic rings. The number of hydrogen-bond acceptors (Lipinski definition) is 5. The van der Waals surface area contributed by atoms with Gasteiger partial charge in [-0.15, -0.1) is 11.6 Å². The van der Waals surface area contributed by atoms with Gasteiger partial charge in [0.1, 0.15) is 18.0 Å². The first-order valence-corrected chi connectivity index (χ1v) is 13.2. The quantitative estimate of drug-likeness (QED) is 0.178. The van der Waals surface area contributed by atoms with Gasteiger partial charge in [0.25, 0.3) is 0 Å². The number of aliphatic hydroxyl groups is 1. The average molecular weight is 494 g/mol. The van der Waals surface area contributed by atoms with Gasteiger partial charge in [-0.2, -0.15) is 0 Å². The summed E-state index contributed by atoms with van der Waals surface area (Å²) in [6.07, 6.45) is 6.67. The van der Waals surface area contributed by atoms with Gasteiger partial charge in [-0.1, -0.05) is 36.4 Å². The highest BCUT2D eigenvalue weighted by molar-refractivity contribution is 6.19. The minimum atomic E-state index is -0.650. The van der Waals surface area contributed by atoms with Gasteiger partial charge >= 0.3 is 0 Å².